The van der Waals surface area contributed by atoms with Crippen LogP contribution in [0.3, 0.4) is 0 Å². The number of amides is 1. The summed E-state index contributed by atoms with van der Waals surface area (Å²) in [6.07, 6.45) is 7.50. The van der Waals surface area contributed by atoms with Gasteiger partial charge in [0, 0.05) is 31.4 Å². The maximum atomic E-state index is 12.5. The summed E-state index contributed by atoms with van der Waals surface area (Å²) >= 11 is 0. The SMILES string of the molecule is Cc1cnc([C@H]2CN(C(=O)CCN3CCCCCC3)CCO2)[nH]1. The van der Waals surface area contributed by atoms with Gasteiger partial charge in [0.05, 0.1) is 13.2 Å². The molecule has 3 heterocycles. The van der Waals surface area contributed by atoms with Gasteiger partial charge in [-0.3, -0.25) is 4.79 Å². The van der Waals surface area contributed by atoms with Crippen molar-refractivity contribution in [1.29, 1.82) is 0 Å². The minimum Gasteiger partial charge on any atom is -0.367 e. The predicted octanol–water partition coefficient (Wildman–Crippen LogP) is 1.88. The second kappa shape index (κ2) is 7.93. The number of aromatic amines is 1. The average Bonchev–Trinajstić information content (AvgIpc) is 2.84. The van der Waals surface area contributed by atoms with Crippen LogP contribution in [0.4, 0.5) is 0 Å². The highest BCUT2D eigenvalue weighted by Gasteiger charge is 2.27. The molecule has 0 saturated carbocycles. The number of ether oxygens (including phenoxy) is 1. The Kier molecular flexibility index (Phi) is 5.67. The van der Waals surface area contributed by atoms with Crippen molar-refractivity contribution in [2.24, 2.45) is 0 Å². The molecule has 6 heteroatoms. The molecule has 1 aromatic rings. The van der Waals surface area contributed by atoms with Crippen molar-refractivity contribution < 1.29 is 9.53 Å². The number of nitrogens with zero attached hydrogens (tertiary/aromatic N) is 3. The van der Waals surface area contributed by atoms with Gasteiger partial charge in [0.1, 0.15) is 11.9 Å². The van der Waals surface area contributed by atoms with Crippen LogP contribution < -0.4 is 0 Å². The number of carbonyl (C=O) groups is 1. The minimum absolute atomic E-state index is 0.125. The van der Waals surface area contributed by atoms with E-state index in [0.29, 0.717) is 26.1 Å². The molecule has 1 atom stereocenters. The Hall–Kier alpha value is -1.40. The molecule has 2 fully saturated rings. The fourth-order valence-electron chi connectivity index (χ4n) is 3.41. The first kappa shape index (κ1) is 16.5. The molecular weight excluding hydrogens is 292 g/mol. The molecule has 3 rings (SSSR count). The Bertz CT molecular complexity index is 508. The number of aryl methyl sites for hydroxylation is 1. The molecule has 1 aromatic heterocycles. The van der Waals surface area contributed by atoms with Gasteiger partial charge in [-0.05, 0) is 32.9 Å². The lowest BCUT2D eigenvalue weighted by Gasteiger charge is -2.32. The topological polar surface area (TPSA) is 61.5 Å². The van der Waals surface area contributed by atoms with Crippen LogP contribution in [0.25, 0.3) is 0 Å². The zero-order valence-corrected chi connectivity index (χ0v) is 14.1. The summed E-state index contributed by atoms with van der Waals surface area (Å²) in [5.41, 5.74) is 1.02. The van der Waals surface area contributed by atoms with E-state index in [-0.39, 0.29) is 12.0 Å². The predicted molar refractivity (Wildman–Crippen MR) is 88.1 cm³/mol. The normalized spacial score (nSPS) is 23.7. The van der Waals surface area contributed by atoms with Crippen LogP contribution in [0.5, 0.6) is 0 Å². The molecule has 0 spiro atoms. The Balaban J connectivity index is 1.48. The monoisotopic (exact) mass is 320 g/mol. The smallest absolute Gasteiger partial charge is 0.224 e. The molecule has 0 aliphatic carbocycles. The fourth-order valence-corrected chi connectivity index (χ4v) is 3.41. The maximum absolute atomic E-state index is 12.5. The summed E-state index contributed by atoms with van der Waals surface area (Å²) in [7, 11) is 0. The summed E-state index contributed by atoms with van der Waals surface area (Å²) in [5, 5.41) is 0. The number of likely N-dealkylation sites (tertiary alicyclic amines) is 1. The van der Waals surface area contributed by atoms with Gasteiger partial charge in [-0.25, -0.2) is 4.98 Å². The van der Waals surface area contributed by atoms with E-state index in [2.05, 4.69) is 14.9 Å². The van der Waals surface area contributed by atoms with Gasteiger partial charge in [-0.2, -0.15) is 0 Å². The first-order valence-electron chi connectivity index (χ1n) is 8.85. The van der Waals surface area contributed by atoms with Crippen molar-refractivity contribution in [3.63, 3.8) is 0 Å². The standard InChI is InChI=1S/C17H28N4O2/c1-14-12-18-17(19-14)15-13-21(10-11-23-15)16(22)6-9-20-7-4-2-3-5-8-20/h12,15H,2-11,13H2,1H3,(H,18,19)/t15-/m1/s1. The first-order valence-corrected chi connectivity index (χ1v) is 8.85. The number of carbonyl (C=O) groups excluding carboxylic acids is 1. The summed E-state index contributed by atoms with van der Waals surface area (Å²) < 4.78 is 5.77. The second-order valence-corrected chi connectivity index (χ2v) is 6.66. The van der Waals surface area contributed by atoms with Gasteiger partial charge in [0.25, 0.3) is 0 Å². The Labute approximate surface area is 138 Å². The molecule has 23 heavy (non-hydrogen) atoms. The van der Waals surface area contributed by atoms with Crippen molar-refractivity contribution in [3.05, 3.63) is 17.7 Å². The number of hydrogen-bond acceptors (Lipinski definition) is 4. The molecule has 0 bridgehead atoms. The maximum Gasteiger partial charge on any atom is 0.224 e. The zero-order valence-electron chi connectivity index (χ0n) is 14.1. The van der Waals surface area contributed by atoms with E-state index in [0.717, 1.165) is 31.2 Å². The van der Waals surface area contributed by atoms with Gasteiger partial charge in [0.2, 0.25) is 5.91 Å². The number of morpholine rings is 1. The highest BCUT2D eigenvalue weighted by Crippen LogP contribution is 2.20. The lowest BCUT2D eigenvalue weighted by molar-refractivity contribution is -0.139. The number of H-pyrrole nitrogens is 1. The Morgan fingerprint density at radius 1 is 1.30 bits per heavy atom. The number of aromatic nitrogens is 2. The largest absolute Gasteiger partial charge is 0.367 e. The van der Waals surface area contributed by atoms with Crippen LogP contribution in [0.1, 0.15) is 49.7 Å². The van der Waals surface area contributed by atoms with Crippen LogP contribution in [-0.4, -0.2) is 65.0 Å². The molecule has 0 radical (unpaired) electrons. The van der Waals surface area contributed by atoms with E-state index in [4.69, 9.17) is 4.74 Å². The third-order valence-corrected chi connectivity index (χ3v) is 4.79. The minimum atomic E-state index is -0.125. The van der Waals surface area contributed by atoms with Gasteiger partial charge >= 0.3 is 0 Å². The van der Waals surface area contributed by atoms with E-state index >= 15 is 0 Å². The second-order valence-electron chi connectivity index (χ2n) is 6.66. The summed E-state index contributed by atoms with van der Waals surface area (Å²) in [6.45, 7) is 7.03. The highest BCUT2D eigenvalue weighted by atomic mass is 16.5. The lowest BCUT2D eigenvalue weighted by Crippen LogP contribution is -2.43. The molecule has 6 nitrogen and oxygen atoms in total. The van der Waals surface area contributed by atoms with Gasteiger partial charge in [-0.1, -0.05) is 12.8 Å². The summed E-state index contributed by atoms with van der Waals surface area (Å²) in [5.74, 6) is 1.07. The first-order chi connectivity index (χ1) is 11.2. The Morgan fingerprint density at radius 2 is 2.09 bits per heavy atom. The van der Waals surface area contributed by atoms with Crippen LogP contribution in [0.15, 0.2) is 6.20 Å². The van der Waals surface area contributed by atoms with E-state index in [9.17, 15) is 4.79 Å². The molecular formula is C17H28N4O2. The van der Waals surface area contributed by atoms with Crippen molar-refractivity contribution >= 4 is 5.91 Å². The van der Waals surface area contributed by atoms with Crippen molar-refractivity contribution in [1.82, 2.24) is 19.8 Å². The van der Waals surface area contributed by atoms with Gasteiger partial charge in [-0.15, -0.1) is 0 Å². The molecule has 2 aliphatic heterocycles. The Morgan fingerprint density at radius 3 is 2.78 bits per heavy atom. The number of hydrogen-bond donors (Lipinski definition) is 1. The van der Waals surface area contributed by atoms with Crippen LogP contribution in [-0.2, 0) is 9.53 Å². The van der Waals surface area contributed by atoms with E-state index in [1.807, 2.05) is 11.8 Å². The van der Waals surface area contributed by atoms with Crippen molar-refractivity contribution in [2.45, 2.75) is 45.1 Å². The van der Waals surface area contributed by atoms with Crippen LogP contribution in [0, 0.1) is 6.92 Å². The van der Waals surface area contributed by atoms with Gasteiger partial charge < -0.3 is 19.5 Å². The van der Waals surface area contributed by atoms with E-state index < -0.39 is 0 Å². The number of rotatable bonds is 4. The molecule has 0 aromatic carbocycles. The molecule has 2 aliphatic rings. The third-order valence-electron chi connectivity index (χ3n) is 4.79. The molecule has 128 valence electrons. The number of imidazole rings is 1. The van der Waals surface area contributed by atoms with Gasteiger partial charge in [0.15, 0.2) is 0 Å². The number of nitrogens with one attached hydrogen (secondary N) is 1. The van der Waals surface area contributed by atoms with E-state index in [1.165, 1.54) is 25.7 Å². The van der Waals surface area contributed by atoms with Crippen LogP contribution in [0.2, 0.25) is 0 Å². The fraction of sp³-hybridized carbons (Fsp3) is 0.765. The lowest BCUT2D eigenvalue weighted by atomic mass is 10.2. The summed E-state index contributed by atoms with van der Waals surface area (Å²) in [6, 6.07) is 0. The molecule has 0 unspecified atom stereocenters. The zero-order chi connectivity index (χ0) is 16.1. The molecule has 1 N–H and O–H groups in total. The molecule has 2 saturated heterocycles. The third kappa shape index (κ3) is 4.54. The van der Waals surface area contributed by atoms with Crippen molar-refractivity contribution in [2.75, 3.05) is 39.3 Å². The quantitative estimate of drug-likeness (QED) is 0.920. The van der Waals surface area contributed by atoms with E-state index in [1.54, 1.807) is 6.20 Å². The summed E-state index contributed by atoms with van der Waals surface area (Å²) in [4.78, 5) is 24.4. The molecule has 1 amide bonds. The van der Waals surface area contributed by atoms with Crippen molar-refractivity contribution in [3.8, 4) is 0 Å². The average molecular weight is 320 g/mol. The highest BCUT2D eigenvalue weighted by molar-refractivity contribution is 5.76. The van der Waals surface area contributed by atoms with Crippen LogP contribution >= 0.6 is 0 Å².